The van der Waals surface area contributed by atoms with Gasteiger partial charge in [-0.15, -0.1) is 0 Å². The van der Waals surface area contributed by atoms with Crippen LogP contribution in [0.25, 0.3) is 0 Å². The zero-order chi connectivity index (χ0) is 11.8. The van der Waals surface area contributed by atoms with Gasteiger partial charge in [0.1, 0.15) is 0 Å². The number of carbonyl (C=O) groups excluding carboxylic acids is 3. The van der Waals surface area contributed by atoms with Gasteiger partial charge >= 0.3 is 5.97 Å². The van der Waals surface area contributed by atoms with Gasteiger partial charge < -0.3 is 4.84 Å². The first-order chi connectivity index (χ1) is 7.15. The first-order valence-electron chi connectivity index (χ1n) is 4.92. The van der Waals surface area contributed by atoms with Crippen molar-refractivity contribution in [2.45, 2.75) is 33.6 Å². The average Bonchev–Trinajstić information content (AvgIpc) is 2.53. The maximum atomic E-state index is 10.9. The Morgan fingerprint density at radius 3 is 2.13 bits per heavy atom. The molecule has 0 saturated heterocycles. The molecule has 1 heterocycles. The predicted molar refractivity (Wildman–Crippen MR) is 53.3 cm³/mol. The van der Waals surface area contributed by atoms with E-state index in [1.165, 1.54) is 0 Å². The molecule has 0 fully saturated rings. The van der Waals surface area contributed by atoms with Gasteiger partial charge in [-0.2, -0.15) is 0 Å². The lowest BCUT2D eigenvalue weighted by Gasteiger charge is -2.11. The monoisotopic (exact) mass is 213 g/mol. The van der Waals surface area contributed by atoms with Crippen LogP contribution >= 0.6 is 0 Å². The second-order valence-corrected chi connectivity index (χ2v) is 2.52. The molecule has 0 aromatic heterocycles. The molecular formula is C10H15NO4. The van der Waals surface area contributed by atoms with Crippen molar-refractivity contribution in [1.29, 1.82) is 0 Å². The lowest BCUT2D eigenvalue weighted by atomic mass is 10.3. The van der Waals surface area contributed by atoms with Crippen molar-refractivity contribution in [3.8, 4) is 0 Å². The molecule has 0 spiro atoms. The van der Waals surface area contributed by atoms with E-state index in [2.05, 4.69) is 4.84 Å². The Morgan fingerprint density at radius 2 is 1.73 bits per heavy atom. The molecule has 0 bridgehead atoms. The first-order valence-corrected chi connectivity index (χ1v) is 4.92. The van der Waals surface area contributed by atoms with Crippen molar-refractivity contribution < 1.29 is 19.2 Å². The largest absolute Gasteiger partial charge is 0.333 e. The molecular weight excluding hydrogens is 198 g/mol. The molecule has 0 N–H and O–H groups in total. The van der Waals surface area contributed by atoms with E-state index in [0.717, 1.165) is 12.2 Å². The van der Waals surface area contributed by atoms with Gasteiger partial charge in [-0.05, 0) is 6.42 Å². The van der Waals surface area contributed by atoms with Crippen molar-refractivity contribution in [2.24, 2.45) is 0 Å². The third kappa shape index (κ3) is 3.93. The normalized spacial score (nSPS) is 13.7. The van der Waals surface area contributed by atoms with Crippen LogP contribution in [0.15, 0.2) is 12.2 Å². The molecule has 0 saturated carbocycles. The highest BCUT2D eigenvalue weighted by Crippen LogP contribution is 2.05. The van der Waals surface area contributed by atoms with Crippen LogP contribution in [0.1, 0.15) is 33.6 Å². The Morgan fingerprint density at radius 1 is 1.27 bits per heavy atom. The number of hydrogen-bond acceptors (Lipinski definition) is 4. The van der Waals surface area contributed by atoms with Crippen LogP contribution in [0.4, 0.5) is 0 Å². The third-order valence-electron chi connectivity index (χ3n) is 1.42. The molecule has 0 atom stereocenters. The Hall–Kier alpha value is -1.65. The molecule has 0 aromatic carbocycles. The lowest BCUT2D eigenvalue weighted by Crippen LogP contribution is -2.32. The van der Waals surface area contributed by atoms with E-state index in [9.17, 15) is 14.4 Å². The highest BCUT2D eigenvalue weighted by Gasteiger charge is 2.27. The van der Waals surface area contributed by atoms with Crippen LogP contribution in [0.5, 0.6) is 0 Å². The fourth-order valence-corrected chi connectivity index (χ4v) is 0.828. The van der Waals surface area contributed by atoms with Gasteiger partial charge in [-0.25, -0.2) is 4.79 Å². The van der Waals surface area contributed by atoms with Crippen LogP contribution in [0, 0.1) is 0 Å². The van der Waals surface area contributed by atoms with Crippen molar-refractivity contribution >= 4 is 17.8 Å². The Kier molecular flexibility index (Phi) is 6.01. The van der Waals surface area contributed by atoms with Gasteiger partial charge in [0.05, 0.1) is 0 Å². The van der Waals surface area contributed by atoms with Crippen LogP contribution in [-0.4, -0.2) is 22.8 Å². The van der Waals surface area contributed by atoms with Crippen molar-refractivity contribution in [3.63, 3.8) is 0 Å². The number of nitrogens with zero attached hydrogens (tertiary/aromatic N) is 1. The summed E-state index contributed by atoms with van der Waals surface area (Å²) in [5.74, 6) is -1.81. The minimum atomic E-state index is -0.616. The van der Waals surface area contributed by atoms with Gasteiger partial charge in [0, 0.05) is 18.6 Å². The second-order valence-electron chi connectivity index (χ2n) is 2.52. The summed E-state index contributed by atoms with van der Waals surface area (Å²) in [6, 6.07) is 0. The van der Waals surface area contributed by atoms with Crippen LogP contribution in [0.3, 0.4) is 0 Å². The summed E-state index contributed by atoms with van der Waals surface area (Å²) in [4.78, 5) is 37.1. The maximum absolute atomic E-state index is 10.9. The molecule has 1 aliphatic heterocycles. The minimum Gasteiger partial charge on any atom is -0.330 e. The Balaban J connectivity index is 0.000000921. The molecule has 2 amide bonds. The third-order valence-corrected chi connectivity index (χ3v) is 1.42. The number of hydroxylamine groups is 2. The summed E-state index contributed by atoms with van der Waals surface area (Å²) < 4.78 is 0. The molecule has 5 nitrogen and oxygen atoms in total. The molecule has 0 aromatic rings. The standard InChI is InChI=1S/C8H9NO4.C2H6/c1-2-3-8(12)13-9-6(10)4-5-7(9)11;1-2/h4-5H,2-3H2,1H3;1-2H3. The van der Waals surface area contributed by atoms with Crippen molar-refractivity contribution in [2.75, 3.05) is 0 Å². The average molecular weight is 213 g/mol. The van der Waals surface area contributed by atoms with Gasteiger partial charge in [0.15, 0.2) is 0 Å². The van der Waals surface area contributed by atoms with E-state index in [1.807, 2.05) is 13.8 Å². The number of amides is 2. The van der Waals surface area contributed by atoms with Crippen LogP contribution in [0.2, 0.25) is 0 Å². The molecule has 0 unspecified atom stereocenters. The fraction of sp³-hybridized carbons (Fsp3) is 0.500. The van der Waals surface area contributed by atoms with E-state index in [-0.39, 0.29) is 6.42 Å². The zero-order valence-electron chi connectivity index (χ0n) is 9.15. The summed E-state index contributed by atoms with van der Waals surface area (Å²) in [7, 11) is 0. The molecule has 5 heteroatoms. The Bertz CT molecular complexity index is 265. The van der Waals surface area contributed by atoms with E-state index in [1.54, 1.807) is 6.92 Å². The zero-order valence-corrected chi connectivity index (χ0v) is 9.15. The van der Waals surface area contributed by atoms with Gasteiger partial charge in [0.2, 0.25) is 0 Å². The highest BCUT2D eigenvalue weighted by atomic mass is 16.7. The number of carbonyl (C=O) groups is 3. The van der Waals surface area contributed by atoms with Crippen molar-refractivity contribution in [1.82, 2.24) is 5.06 Å². The molecule has 0 radical (unpaired) electrons. The molecule has 1 rings (SSSR count). The van der Waals surface area contributed by atoms with E-state index in [4.69, 9.17) is 0 Å². The summed E-state index contributed by atoms with van der Waals surface area (Å²) in [6.45, 7) is 5.80. The topological polar surface area (TPSA) is 63.7 Å². The van der Waals surface area contributed by atoms with Gasteiger partial charge in [-0.3, -0.25) is 9.59 Å². The molecule has 15 heavy (non-hydrogen) atoms. The highest BCUT2D eigenvalue weighted by molar-refractivity contribution is 6.12. The minimum absolute atomic E-state index is 0.192. The Labute approximate surface area is 88.6 Å². The quantitative estimate of drug-likeness (QED) is 0.661. The van der Waals surface area contributed by atoms with Crippen molar-refractivity contribution in [3.05, 3.63) is 12.2 Å². The van der Waals surface area contributed by atoms with E-state index in [0.29, 0.717) is 11.5 Å². The van der Waals surface area contributed by atoms with Crippen LogP contribution < -0.4 is 0 Å². The van der Waals surface area contributed by atoms with Gasteiger partial charge in [-0.1, -0.05) is 25.8 Å². The van der Waals surface area contributed by atoms with E-state index >= 15 is 0 Å². The fourth-order valence-electron chi connectivity index (χ4n) is 0.828. The van der Waals surface area contributed by atoms with E-state index < -0.39 is 17.8 Å². The van der Waals surface area contributed by atoms with Crippen LogP contribution in [-0.2, 0) is 19.2 Å². The smallest absolute Gasteiger partial charge is 0.330 e. The predicted octanol–water partition coefficient (Wildman–Crippen LogP) is 1.20. The number of imide groups is 1. The second kappa shape index (κ2) is 6.75. The van der Waals surface area contributed by atoms with Gasteiger partial charge in [0.25, 0.3) is 11.8 Å². The summed E-state index contributed by atoms with van der Waals surface area (Å²) in [5, 5.41) is 0.456. The maximum Gasteiger partial charge on any atom is 0.333 e. The summed E-state index contributed by atoms with van der Waals surface area (Å²) >= 11 is 0. The summed E-state index contributed by atoms with van der Waals surface area (Å²) in [5.41, 5.74) is 0. The number of rotatable bonds is 3. The molecule has 1 aliphatic rings. The first kappa shape index (κ1) is 13.4. The molecule has 84 valence electrons. The lowest BCUT2D eigenvalue weighted by molar-refractivity contribution is -0.196. The SMILES string of the molecule is CC.CCCC(=O)ON1C(=O)C=CC1=O. The number of hydrogen-bond donors (Lipinski definition) is 0. The summed E-state index contributed by atoms with van der Waals surface area (Å²) in [6.07, 6.45) is 2.92. The molecule has 0 aliphatic carbocycles.